The zero-order valence-corrected chi connectivity index (χ0v) is 9.99. The molecule has 0 amide bonds. The largest absolute Gasteiger partial charge is 0.320 e. The lowest BCUT2D eigenvalue weighted by molar-refractivity contribution is 0.619. The number of hydrogen-bond donors (Lipinski definition) is 1. The molecule has 1 aromatic heterocycles. The van der Waals surface area contributed by atoms with E-state index in [2.05, 4.69) is 20.9 Å². The molecule has 0 fully saturated rings. The van der Waals surface area contributed by atoms with Gasteiger partial charge in [0.15, 0.2) is 0 Å². The quantitative estimate of drug-likeness (QED) is 0.919. The number of nitrogens with two attached hydrogens (primary N) is 1. The van der Waals surface area contributed by atoms with Gasteiger partial charge in [0, 0.05) is 12.4 Å². The number of pyridine rings is 1. The third-order valence-corrected chi connectivity index (χ3v) is 2.98. The Bertz CT molecular complexity index is 488. The van der Waals surface area contributed by atoms with Crippen molar-refractivity contribution in [3.05, 3.63) is 64.1 Å². The first-order chi connectivity index (χ1) is 7.68. The van der Waals surface area contributed by atoms with Crippen molar-refractivity contribution < 1.29 is 4.39 Å². The number of benzene rings is 1. The van der Waals surface area contributed by atoms with Gasteiger partial charge >= 0.3 is 0 Å². The second-order valence-electron chi connectivity index (χ2n) is 3.43. The highest BCUT2D eigenvalue weighted by atomic mass is 79.9. The summed E-state index contributed by atoms with van der Waals surface area (Å²) in [5.74, 6) is -0.286. The van der Waals surface area contributed by atoms with E-state index in [-0.39, 0.29) is 11.9 Å². The fourth-order valence-corrected chi connectivity index (χ4v) is 1.87. The van der Waals surface area contributed by atoms with Gasteiger partial charge in [0.2, 0.25) is 0 Å². The van der Waals surface area contributed by atoms with Crippen LogP contribution in [0.15, 0.2) is 47.2 Å². The molecular weight excluding hydrogens is 271 g/mol. The van der Waals surface area contributed by atoms with Crippen LogP contribution in [-0.2, 0) is 0 Å². The molecule has 1 heterocycles. The van der Waals surface area contributed by atoms with Crippen molar-refractivity contribution >= 4 is 15.9 Å². The van der Waals surface area contributed by atoms with Crippen molar-refractivity contribution in [1.82, 2.24) is 4.98 Å². The second kappa shape index (κ2) is 4.72. The molecule has 1 atom stereocenters. The molecule has 1 unspecified atom stereocenters. The first-order valence-electron chi connectivity index (χ1n) is 4.79. The number of rotatable bonds is 2. The average molecular weight is 281 g/mol. The molecule has 2 aromatic rings. The minimum absolute atomic E-state index is 0.264. The van der Waals surface area contributed by atoms with Crippen molar-refractivity contribution in [2.45, 2.75) is 6.04 Å². The van der Waals surface area contributed by atoms with Crippen molar-refractivity contribution in [2.75, 3.05) is 0 Å². The van der Waals surface area contributed by atoms with E-state index < -0.39 is 0 Å². The molecule has 16 heavy (non-hydrogen) atoms. The number of aromatic nitrogens is 1. The van der Waals surface area contributed by atoms with E-state index in [0.29, 0.717) is 4.47 Å². The van der Waals surface area contributed by atoms with Crippen molar-refractivity contribution in [3.63, 3.8) is 0 Å². The predicted molar refractivity (Wildman–Crippen MR) is 64.4 cm³/mol. The van der Waals surface area contributed by atoms with Crippen LogP contribution in [-0.4, -0.2) is 4.98 Å². The molecule has 1 aromatic carbocycles. The van der Waals surface area contributed by atoms with Gasteiger partial charge in [-0.2, -0.15) is 0 Å². The Hall–Kier alpha value is -1.26. The molecule has 4 heteroatoms. The molecule has 0 bridgehead atoms. The Morgan fingerprint density at radius 2 is 1.81 bits per heavy atom. The number of hydrogen-bond acceptors (Lipinski definition) is 2. The van der Waals surface area contributed by atoms with Crippen LogP contribution in [0.4, 0.5) is 4.39 Å². The van der Waals surface area contributed by atoms with E-state index in [1.165, 1.54) is 6.07 Å². The van der Waals surface area contributed by atoms with Crippen LogP contribution < -0.4 is 5.73 Å². The molecule has 0 spiro atoms. The third kappa shape index (κ3) is 2.28. The predicted octanol–water partition coefficient (Wildman–Crippen LogP) is 3.03. The highest BCUT2D eigenvalue weighted by Crippen LogP contribution is 2.23. The Kier molecular flexibility index (Phi) is 3.31. The summed E-state index contributed by atoms with van der Waals surface area (Å²) in [6.45, 7) is 0. The van der Waals surface area contributed by atoms with E-state index in [9.17, 15) is 4.39 Å². The molecule has 0 aliphatic carbocycles. The molecule has 2 nitrogen and oxygen atoms in total. The highest BCUT2D eigenvalue weighted by Gasteiger charge is 2.10. The van der Waals surface area contributed by atoms with Gasteiger partial charge in [0.25, 0.3) is 0 Å². The van der Waals surface area contributed by atoms with Gasteiger partial charge in [-0.05, 0) is 51.3 Å². The summed E-state index contributed by atoms with van der Waals surface area (Å²) in [4.78, 5) is 3.93. The maximum absolute atomic E-state index is 13.1. The Morgan fingerprint density at radius 3 is 2.44 bits per heavy atom. The topological polar surface area (TPSA) is 38.9 Å². The smallest absolute Gasteiger partial charge is 0.137 e. The maximum Gasteiger partial charge on any atom is 0.137 e. The highest BCUT2D eigenvalue weighted by molar-refractivity contribution is 9.10. The normalized spacial score (nSPS) is 12.4. The Labute approximate surface area is 101 Å². The second-order valence-corrected chi connectivity index (χ2v) is 4.29. The van der Waals surface area contributed by atoms with E-state index in [4.69, 9.17) is 5.73 Å². The van der Waals surface area contributed by atoms with Crippen LogP contribution in [0, 0.1) is 5.82 Å². The van der Waals surface area contributed by atoms with Crippen molar-refractivity contribution in [2.24, 2.45) is 5.73 Å². The van der Waals surface area contributed by atoms with Crippen LogP contribution in [0.3, 0.4) is 0 Å². The molecule has 0 aliphatic heterocycles. The van der Waals surface area contributed by atoms with Crippen molar-refractivity contribution in [1.29, 1.82) is 0 Å². The third-order valence-electron chi connectivity index (χ3n) is 2.37. The van der Waals surface area contributed by atoms with Gasteiger partial charge in [-0.3, -0.25) is 4.98 Å². The summed E-state index contributed by atoms with van der Waals surface area (Å²) < 4.78 is 13.5. The van der Waals surface area contributed by atoms with E-state index >= 15 is 0 Å². The number of halogens is 2. The summed E-state index contributed by atoms with van der Waals surface area (Å²) in [5.41, 5.74) is 7.88. The fraction of sp³-hybridized carbons (Fsp3) is 0.0833. The molecule has 2 rings (SSSR count). The van der Waals surface area contributed by atoms with Gasteiger partial charge in [0.05, 0.1) is 10.5 Å². The van der Waals surface area contributed by atoms with Gasteiger partial charge in [-0.1, -0.05) is 6.07 Å². The molecule has 0 saturated carbocycles. The van der Waals surface area contributed by atoms with Crippen LogP contribution in [0.5, 0.6) is 0 Å². The molecule has 0 saturated heterocycles. The summed E-state index contributed by atoms with van der Waals surface area (Å²) >= 11 is 3.14. The monoisotopic (exact) mass is 280 g/mol. The summed E-state index contributed by atoms with van der Waals surface area (Å²) in [6.07, 6.45) is 3.38. The molecule has 2 N–H and O–H groups in total. The van der Waals surface area contributed by atoms with E-state index in [1.54, 1.807) is 24.5 Å². The van der Waals surface area contributed by atoms with Gasteiger partial charge in [-0.15, -0.1) is 0 Å². The Morgan fingerprint density at radius 1 is 1.12 bits per heavy atom. The van der Waals surface area contributed by atoms with E-state index in [0.717, 1.165) is 11.1 Å². The van der Waals surface area contributed by atoms with Gasteiger partial charge in [-0.25, -0.2) is 4.39 Å². The standard InChI is InChI=1S/C12H10BrFN2/c13-10-7-9(1-2-11(10)14)12(15)8-3-5-16-6-4-8/h1-7,12H,15H2. The molecule has 0 aliphatic rings. The summed E-state index contributed by atoms with van der Waals surface area (Å²) in [7, 11) is 0. The SMILES string of the molecule is NC(c1ccncc1)c1ccc(F)c(Br)c1. The van der Waals surface area contributed by atoms with Crippen LogP contribution >= 0.6 is 15.9 Å². The van der Waals surface area contributed by atoms with Crippen LogP contribution in [0.2, 0.25) is 0 Å². The summed E-state index contributed by atoms with van der Waals surface area (Å²) in [6, 6.07) is 8.22. The molecule has 0 radical (unpaired) electrons. The zero-order chi connectivity index (χ0) is 11.5. The number of nitrogens with zero attached hydrogens (tertiary/aromatic N) is 1. The van der Waals surface area contributed by atoms with Crippen molar-refractivity contribution in [3.8, 4) is 0 Å². The van der Waals surface area contributed by atoms with E-state index in [1.807, 2.05) is 12.1 Å². The Balaban J connectivity index is 2.34. The zero-order valence-electron chi connectivity index (χ0n) is 8.40. The van der Waals surface area contributed by atoms with Crippen LogP contribution in [0.1, 0.15) is 17.2 Å². The molecular formula is C12H10BrFN2. The first kappa shape index (κ1) is 11.2. The lowest BCUT2D eigenvalue weighted by atomic mass is 10.0. The average Bonchev–Trinajstić information content (AvgIpc) is 2.33. The minimum Gasteiger partial charge on any atom is -0.320 e. The maximum atomic E-state index is 13.1. The summed E-state index contributed by atoms with van der Waals surface area (Å²) in [5, 5.41) is 0. The lowest BCUT2D eigenvalue weighted by Crippen LogP contribution is -2.11. The first-order valence-corrected chi connectivity index (χ1v) is 5.58. The van der Waals surface area contributed by atoms with Crippen LogP contribution in [0.25, 0.3) is 0 Å². The van der Waals surface area contributed by atoms with Gasteiger partial charge in [0.1, 0.15) is 5.82 Å². The van der Waals surface area contributed by atoms with Gasteiger partial charge < -0.3 is 5.73 Å². The minimum atomic E-state index is -0.286. The fourth-order valence-electron chi connectivity index (χ4n) is 1.47. The molecule has 82 valence electrons. The lowest BCUT2D eigenvalue weighted by Gasteiger charge is -2.12.